The maximum absolute atomic E-state index is 10.5. The molecule has 0 heterocycles. The summed E-state index contributed by atoms with van der Waals surface area (Å²) >= 11 is 11.6. The van der Waals surface area contributed by atoms with E-state index in [0.717, 1.165) is 6.08 Å². The number of rotatable bonds is 2. The van der Waals surface area contributed by atoms with E-state index in [0.29, 0.717) is 10.6 Å². The monoisotopic (exact) mass is 256 g/mol. The summed E-state index contributed by atoms with van der Waals surface area (Å²) in [5.74, 6) is 0. The fourth-order valence-corrected chi connectivity index (χ4v) is 1.58. The Labute approximate surface area is 102 Å². The first-order chi connectivity index (χ1) is 7.54. The number of nitrogens with one attached hydrogen (secondary N) is 1. The molecule has 82 valence electrons. The van der Waals surface area contributed by atoms with Crippen LogP contribution in [0, 0.1) is 11.3 Å². The highest BCUT2D eigenvalue weighted by molar-refractivity contribution is 6.35. The zero-order valence-electron chi connectivity index (χ0n) is 7.87. The second-order valence-corrected chi connectivity index (χ2v) is 3.59. The van der Waals surface area contributed by atoms with Crippen molar-refractivity contribution in [1.82, 2.24) is 5.32 Å². The molecule has 0 aliphatic rings. The molecule has 0 atom stereocenters. The molecule has 0 aliphatic carbocycles. The van der Waals surface area contributed by atoms with Crippen molar-refractivity contribution in [2.75, 3.05) is 0 Å². The second kappa shape index (κ2) is 5.40. The minimum Gasteiger partial charge on any atom is -0.465 e. The van der Waals surface area contributed by atoms with Crippen molar-refractivity contribution in [2.24, 2.45) is 0 Å². The number of carbonyl (C=O) groups is 1. The van der Waals surface area contributed by atoms with E-state index in [1.807, 2.05) is 0 Å². The van der Waals surface area contributed by atoms with Crippen LogP contribution in [0.25, 0.3) is 5.70 Å². The fraction of sp³-hybridized carbons (Fsp3) is 0. The number of halogens is 2. The normalized spacial score (nSPS) is 10.7. The summed E-state index contributed by atoms with van der Waals surface area (Å²) in [4.78, 5) is 10.5. The van der Waals surface area contributed by atoms with Crippen molar-refractivity contribution in [3.8, 4) is 6.07 Å². The highest BCUT2D eigenvalue weighted by Crippen LogP contribution is 2.25. The van der Waals surface area contributed by atoms with E-state index in [2.05, 4.69) is 5.32 Å². The van der Waals surface area contributed by atoms with Gasteiger partial charge in [0.1, 0.15) is 0 Å². The number of hydrogen-bond donors (Lipinski definition) is 2. The Morgan fingerprint density at radius 2 is 2.19 bits per heavy atom. The van der Waals surface area contributed by atoms with Crippen molar-refractivity contribution in [1.29, 1.82) is 5.26 Å². The van der Waals surface area contributed by atoms with Gasteiger partial charge >= 0.3 is 6.09 Å². The minimum atomic E-state index is -1.27. The largest absolute Gasteiger partial charge is 0.465 e. The molecule has 0 fully saturated rings. The van der Waals surface area contributed by atoms with Crippen LogP contribution < -0.4 is 5.32 Å². The molecule has 4 nitrogen and oxygen atoms in total. The molecule has 1 aromatic carbocycles. The van der Waals surface area contributed by atoms with Crippen LogP contribution in [0.3, 0.4) is 0 Å². The van der Waals surface area contributed by atoms with Crippen LogP contribution in [0.1, 0.15) is 5.56 Å². The highest BCUT2D eigenvalue weighted by Gasteiger charge is 2.09. The lowest BCUT2D eigenvalue weighted by molar-refractivity contribution is 0.199. The topological polar surface area (TPSA) is 73.1 Å². The first-order valence-corrected chi connectivity index (χ1v) is 4.85. The molecule has 1 amide bonds. The van der Waals surface area contributed by atoms with E-state index in [1.54, 1.807) is 12.1 Å². The van der Waals surface area contributed by atoms with E-state index in [-0.39, 0.29) is 10.7 Å². The molecule has 0 spiro atoms. The third kappa shape index (κ3) is 3.16. The van der Waals surface area contributed by atoms with Gasteiger partial charge in [0, 0.05) is 16.7 Å². The predicted octanol–water partition coefficient (Wildman–Crippen LogP) is 3.13. The van der Waals surface area contributed by atoms with Gasteiger partial charge in [-0.1, -0.05) is 23.2 Å². The Balaban J connectivity index is 3.17. The van der Waals surface area contributed by atoms with E-state index in [4.69, 9.17) is 33.6 Å². The quantitative estimate of drug-likeness (QED) is 0.799. The Morgan fingerprint density at radius 1 is 1.50 bits per heavy atom. The Kier molecular flexibility index (Phi) is 4.18. The third-order valence-electron chi connectivity index (χ3n) is 1.67. The molecule has 6 heteroatoms. The maximum atomic E-state index is 10.5. The number of amides is 1. The number of hydrogen-bond acceptors (Lipinski definition) is 2. The van der Waals surface area contributed by atoms with E-state index < -0.39 is 6.09 Å². The Morgan fingerprint density at radius 3 is 2.69 bits per heavy atom. The number of nitrogens with zero attached hydrogens (tertiary/aromatic N) is 1. The number of nitriles is 1. The maximum Gasteiger partial charge on any atom is 0.409 e. The number of allylic oxidation sites excluding steroid dienone is 1. The Hall–Kier alpha value is -1.70. The molecular weight excluding hydrogens is 251 g/mol. The molecule has 0 saturated heterocycles. The lowest BCUT2D eigenvalue weighted by atomic mass is 10.1. The van der Waals surface area contributed by atoms with Crippen LogP contribution in [-0.2, 0) is 0 Å². The zero-order chi connectivity index (χ0) is 12.1. The predicted molar refractivity (Wildman–Crippen MR) is 61.2 cm³/mol. The smallest absolute Gasteiger partial charge is 0.409 e. The van der Waals surface area contributed by atoms with Gasteiger partial charge in [-0.15, -0.1) is 0 Å². The van der Waals surface area contributed by atoms with Gasteiger partial charge in [-0.3, -0.25) is 5.32 Å². The Bertz CT molecular complexity index is 492. The summed E-state index contributed by atoms with van der Waals surface area (Å²) in [5, 5.41) is 19.9. The number of benzene rings is 1. The van der Waals surface area contributed by atoms with Crippen LogP contribution in [0.2, 0.25) is 10.0 Å². The van der Waals surface area contributed by atoms with Gasteiger partial charge in [-0.2, -0.15) is 5.26 Å². The summed E-state index contributed by atoms with van der Waals surface area (Å²) in [5.41, 5.74) is 0.506. The van der Waals surface area contributed by atoms with Crippen molar-refractivity contribution in [3.63, 3.8) is 0 Å². The molecule has 0 aliphatic heterocycles. The van der Waals surface area contributed by atoms with Crippen molar-refractivity contribution in [2.45, 2.75) is 0 Å². The van der Waals surface area contributed by atoms with E-state index in [1.165, 1.54) is 12.1 Å². The molecule has 0 radical (unpaired) electrons. The van der Waals surface area contributed by atoms with Crippen LogP contribution in [0.15, 0.2) is 24.3 Å². The van der Waals surface area contributed by atoms with Crippen molar-refractivity contribution >= 4 is 35.0 Å². The van der Waals surface area contributed by atoms with Gasteiger partial charge < -0.3 is 5.11 Å². The summed E-state index contributed by atoms with van der Waals surface area (Å²) in [6.45, 7) is 0. The standard InChI is InChI=1S/C10H6Cl2N2O2/c11-6-1-2-7(8(12)5-6)9(3-4-13)14-10(15)16/h1-3,5,14H,(H,15,16). The molecule has 2 N–H and O–H groups in total. The van der Waals surface area contributed by atoms with Gasteiger partial charge in [0.2, 0.25) is 0 Å². The van der Waals surface area contributed by atoms with Crippen LogP contribution >= 0.6 is 23.2 Å². The van der Waals surface area contributed by atoms with E-state index in [9.17, 15) is 4.79 Å². The summed E-state index contributed by atoms with van der Waals surface area (Å²) in [7, 11) is 0. The second-order valence-electron chi connectivity index (χ2n) is 2.74. The van der Waals surface area contributed by atoms with Crippen molar-refractivity contribution in [3.05, 3.63) is 39.9 Å². The zero-order valence-corrected chi connectivity index (χ0v) is 9.38. The van der Waals surface area contributed by atoms with Crippen LogP contribution in [0.4, 0.5) is 4.79 Å². The van der Waals surface area contributed by atoms with E-state index >= 15 is 0 Å². The summed E-state index contributed by atoms with van der Waals surface area (Å²) in [6.07, 6.45) is -0.212. The third-order valence-corrected chi connectivity index (χ3v) is 2.22. The average Bonchev–Trinajstić information content (AvgIpc) is 2.16. The van der Waals surface area contributed by atoms with Crippen LogP contribution in [-0.4, -0.2) is 11.2 Å². The van der Waals surface area contributed by atoms with Gasteiger partial charge in [0.05, 0.1) is 16.8 Å². The molecule has 1 aromatic rings. The average molecular weight is 257 g/mol. The molecule has 1 rings (SSSR count). The first-order valence-electron chi connectivity index (χ1n) is 4.09. The summed E-state index contributed by atoms with van der Waals surface area (Å²) < 4.78 is 0. The SMILES string of the molecule is N#CC=C(NC(=O)O)c1ccc(Cl)cc1Cl. The molecule has 0 saturated carbocycles. The summed E-state index contributed by atoms with van der Waals surface area (Å²) in [6, 6.07) is 6.28. The molecule has 0 bridgehead atoms. The lowest BCUT2D eigenvalue weighted by Crippen LogP contribution is -2.19. The minimum absolute atomic E-state index is 0.108. The molecule has 0 aromatic heterocycles. The van der Waals surface area contributed by atoms with Gasteiger partial charge in [-0.25, -0.2) is 4.79 Å². The van der Waals surface area contributed by atoms with Gasteiger partial charge in [-0.05, 0) is 18.2 Å². The van der Waals surface area contributed by atoms with Gasteiger partial charge in [0.25, 0.3) is 0 Å². The molecule has 16 heavy (non-hydrogen) atoms. The van der Waals surface area contributed by atoms with Crippen LogP contribution in [0.5, 0.6) is 0 Å². The highest BCUT2D eigenvalue weighted by atomic mass is 35.5. The van der Waals surface area contributed by atoms with Gasteiger partial charge in [0.15, 0.2) is 0 Å². The first kappa shape index (κ1) is 12.4. The molecule has 0 unspecified atom stereocenters. The molecular formula is C10H6Cl2N2O2. The fourth-order valence-electron chi connectivity index (χ4n) is 1.07. The number of carboxylic acid groups (broad SMARTS) is 1. The lowest BCUT2D eigenvalue weighted by Gasteiger charge is -2.08. The van der Waals surface area contributed by atoms with Crippen molar-refractivity contribution < 1.29 is 9.90 Å².